The van der Waals surface area contributed by atoms with Crippen molar-refractivity contribution < 1.29 is 8.42 Å². The van der Waals surface area contributed by atoms with E-state index < -0.39 is 9.05 Å². The van der Waals surface area contributed by atoms with Crippen LogP contribution in [0.5, 0.6) is 0 Å². The van der Waals surface area contributed by atoms with Gasteiger partial charge in [-0.1, -0.05) is 6.07 Å². The van der Waals surface area contributed by atoms with Gasteiger partial charge in [0, 0.05) is 29.0 Å². The van der Waals surface area contributed by atoms with E-state index in [9.17, 15) is 8.42 Å². The van der Waals surface area contributed by atoms with Crippen molar-refractivity contribution in [1.82, 2.24) is 4.98 Å². The molecular weight excluding hydrogens is 210 g/mol. The molecule has 72 valence electrons. The number of pyridine rings is 1. The lowest BCUT2D eigenvalue weighted by Crippen LogP contribution is -2.03. The highest BCUT2D eigenvalue weighted by atomic mass is 35.7. The molecule has 0 N–H and O–H groups in total. The molecule has 0 radical (unpaired) electrons. The molecule has 0 fully saturated rings. The van der Waals surface area contributed by atoms with E-state index in [-0.39, 0.29) is 5.75 Å². The summed E-state index contributed by atoms with van der Waals surface area (Å²) in [4.78, 5) is 4.06. The minimum Gasteiger partial charge on any atom is -0.261 e. The molecule has 1 heterocycles. The third kappa shape index (κ3) is 3.74. The predicted molar refractivity (Wildman–Crippen MR) is 52.3 cm³/mol. The lowest BCUT2D eigenvalue weighted by atomic mass is 10.2. The highest BCUT2D eigenvalue weighted by Gasteiger charge is 2.07. The molecule has 0 amide bonds. The minimum atomic E-state index is -3.41. The molecule has 0 aliphatic carbocycles. The number of aryl methyl sites for hydroxylation is 2. The first-order valence-electron chi connectivity index (χ1n) is 3.82. The zero-order chi connectivity index (χ0) is 9.90. The fourth-order valence-electron chi connectivity index (χ4n) is 0.999. The normalized spacial score (nSPS) is 11.5. The molecule has 0 atom stereocenters. The minimum absolute atomic E-state index is 0.0631. The molecule has 0 spiro atoms. The fourth-order valence-corrected chi connectivity index (χ4v) is 1.67. The van der Waals surface area contributed by atoms with Crippen LogP contribution in [-0.4, -0.2) is 19.2 Å². The van der Waals surface area contributed by atoms with Crippen LogP contribution in [0.2, 0.25) is 0 Å². The summed E-state index contributed by atoms with van der Waals surface area (Å²) in [6.45, 7) is 1.89. The Labute approximate surface area is 82.2 Å². The Bertz CT molecular complexity index is 389. The standard InChI is InChI=1S/C8H10ClNO2S/c1-7-3-2-5-10-8(7)4-6-13(9,11)12/h2-3,5H,4,6H2,1H3. The van der Waals surface area contributed by atoms with E-state index in [1.807, 2.05) is 19.1 Å². The second-order valence-corrected chi connectivity index (χ2v) is 5.66. The van der Waals surface area contributed by atoms with E-state index in [0.29, 0.717) is 6.42 Å². The fraction of sp³-hybridized carbons (Fsp3) is 0.375. The maximum absolute atomic E-state index is 10.7. The average molecular weight is 220 g/mol. The summed E-state index contributed by atoms with van der Waals surface area (Å²) < 4.78 is 21.3. The van der Waals surface area contributed by atoms with Crippen molar-refractivity contribution in [1.29, 1.82) is 0 Å². The topological polar surface area (TPSA) is 47.0 Å². The number of aromatic nitrogens is 1. The Morgan fingerprint density at radius 2 is 2.23 bits per heavy atom. The summed E-state index contributed by atoms with van der Waals surface area (Å²) in [5.74, 6) is -0.0631. The van der Waals surface area contributed by atoms with Gasteiger partial charge in [-0.15, -0.1) is 0 Å². The van der Waals surface area contributed by atoms with Gasteiger partial charge in [0.2, 0.25) is 9.05 Å². The summed E-state index contributed by atoms with van der Waals surface area (Å²) in [6.07, 6.45) is 2.02. The highest BCUT2D eigenvalue weighted by molar-refractivity contribution is 8.13. The van der Waals surface area contributed by atoms with Gasteiger partial charge in [-0.3, -0.25) is 4.98 Å². The molecule has 0 saturated carbocycles. The summed E-state index contributed by atoms with van der Waals surface area (Å²) in [5.41, 5.74) is 1.77. The number of rotatable bonds is 3. The van der Waals surface area contributed by atoms with E-state index in [1.165, 1.54) is 0 Å². The molecule has 0 aromatic carbocycles. The third-order valence-corrected chi connectivity index (χ3v) is 2.86. The Kier molecular flexibility index (Phi) is 3.27. The van der Waals surface area contributed by atoms with Crippen LogP contribution in [0.25, 0.3) is 0 Å². The Morgan fingerprint density at radius 3 is 2.77 bits per heavy atom. The van der Waals surface area contributed by atoms with Crippen LogP contribution < -0.4 is 0 Å². The molecule has 5 heteroatoms. The average Bonchev–Trinajstić information content (AvgIpc) is 2.01. The first-order chi connectivity index (χ1) is 5.99. The van der Waals surface area contributed by atoms with Crippen molar-refractivity contribution in [2.24, 2.45) is 0 Å². The predicted octanol–water partition coefficient (Wildman–Crippen LogP) is 1.50. The van der Waals surface area contributed by atoms with Gasteiger partial charge < -0.3 is 0 Å². The van der Waals surface area contributed by atoms with Crippen molar-refractivity contribution >= 4 is 19.7 Å². The molecule has 0 aliphatic heterocycles. The van der Waals surface area contributed by atoms with Crippen molar-refractivity contribution in [2.45, 2.75) is 13.3 Å². The molecule has 1 rings (SSSR count). The third-order valence-electron chi connectivity index (χ3n) is 1.70. The van der Waals surface area contributed by atoms with Crippen LogP contribution in [0.4, 0.5) is 0 Å². The van der Waals surface area contributed by atoms with Crippen LogP contribution in [0.1, 0.15) is 11.3 Å². The first kappa shape index (κ1) is 10.5. The summed E-state index contributed by atoms with van der Waals surface area (Å²) in [6, 6.07) is 3.71. The van der Waals surface area contributed by atoms with Gasteiger partial charge in [-0.05, 0) is 18.6 Å². The zero-order valence-corrected chi connectivity index (χ0v) is 8.77. The van der Waals surface area contributed by atoms with E-state index in [4.69, 9.17) is 10.7 Å². The van der Waals surface area contributed by atoms with Gasteiger partial charge in [0.1, 0.15) is 0 Å². The number of halogens is 1. The van der Waals surface area contributed by atoms with Crippen LogP contribution in [0.15, 0.2) is 18.3 Å². The SMILES string of the molecule is Cc1cccnc1CCS(=O)(=O)Cl. The Morgan fingerprint density at radius 1 is 1.54 bits per heavy atom. The van der Waals surface area contributed by atoms with Gasteiger partial charge in [0.25, 0.3) is 0 Å². The quantitative estimate of drug-likeness (QED) is 0.724. The Balaban J connectivity index is 2.71. The lowest BCUT2D eigenvalue weighted by Gasteiger charge is -2.01. The number of nitrogens with zero attached hydrogens (tertiary/aromatic N) is 1. The molecule has 13 heavy (non-hydrogen) atoms. The molecule has 0 saturated heterocycles. The Hall–Kier alpha value is -0.610. The van der Waals surface area contributed by atoms with Gasteiger partial charge in [-0.2, -0.15) is 0 Å². The maximum Gasteiger partial charge on any atom is 0.232 e. The van der Waals surface area contributed by atoms with Crippen LogP contribution >= 0.6 is 10.7 Å². The largest absolute Gasteiger partial charge is 0.261 e. The van der Waals surface area contributed by atoms with Crippen LogP contribution in [0, 0.1) is 6.92 Å². The first-order valence-corrected chi connectivity index (χ1v) is 6.30. The highest BCUT2D eigenvalue weighted by Crippen LogP contribution is 2.07. The van der Waals surface area contributed by atoms with Gasteiger partial charge in [0.15, 0.2) is 0 Å². The van der Waals surface area contributed by atoms with E-state index in [2.05, 4.69) is 4.98 Å². The van der Waals surface area contributed by atoms with E-state index in [0.717, 1.165) is 11.3 Å². The molecule has 1 aromatic heterocycles. The number of hydrogen-bond donors (Lipinski definition) is 0. The maximum atomic E-state index is 10.7. The second kappa shape index (κ2) is 4.07. The summed E-state index contributed by atoms with van der Waals surface area (Å²) in [7, 11) is 1.67. The second-order valence-electron chi connectivity index (χ2n) is 2.76. The van der Waals surface area contributed by atoms with Crippen LogP contribution in [-0.2, 0) is 15.5 Å². The van der Waals surface area contributed by atoms with E-state index >= 15 is 0 Å². The summed E-state index contributed by atoms with van der Waals surface area (Å²) in [5, 5.41) is 0. The molecule has 0 bridgehead atoms. The van der Waals surface area contributed by atoms with Gasteiger partial charge in [-0.25, -0.2) is 8.42 Å². The smallest absolute Gasteiger partial charge is 0.232 e. The molecular formula is C8H10ClNO2S. The van der Waals surface area contributed by atoms with Crippen molar-refractivity contribution in [2.75, 3.05) is 5.75 Å². The lowest BCUT2D eigenvalue weighted by molar-refractivity contribution is 0.608. The van der Waals surface area contributed by atoms with Crippen molar-refractivity contribution in [3.05, 3.63) is 29.6 Å². The zero-order valence-electron chi connectivity index (χ0n) is 7.20. The molecule has 1 aromatic rings. The van der Waals surface area contributed by atoms with Crippen molar-refractivity contribution in [3.8, 4) is 0 Å². The van der Waals surface area contributed by atoms with Gasteiger partial charge in [0.05, 0.1) is 5.75 Å². The van der Waals surface area contributed by atoms with Gasteiger partial charge >= 0.3 is 0 Å². The molecule has 0 aliphatic rings. The molecule has 3 nitrogen and oxygen atoms in total. The van der Waals surface area contributed by atoms with Crippen LogP contribution in [0.3, 0.4) is 0 Å². The molecule has 0 unspecified atom stereocenters. The van der Waals surface area contributed by atoms with E-state index in [1.54, 1.807) is 6.20 Å². The summed E-state index contributed by atoms with van der Waals surface area (Å²) >= 11 is 0. The van der Waals surface area contributed by atoms with Crippen molar-refractivity contribution in [3.63, 3.8) is 0 Å². The number of hydrogen-bond acceptors (Lipinski definition) is 3. The monoisotopic (exact) mass is 219 g/mol.